The van der Waals surface area contributed by atoms with Crippen LogP contribution in [-0.2, 0) is 6.54 Å². The lowest BCUT2D eigenvalue weighted by atomic mass is 10.2. The normalized spacial score (nSPS) is 10.3. The van der Waals surface area contributed by atoms with Crippen LogP contribution in [0.3, 0.4) is 0 Å². The summed E-state index contributed by atoms with van der Waals surface area (Å²) in [4.78, 5) is 25.2. The van der Waals surface area contributed by atoms with E-state index in [4.69, 9.17) is 4.74 Å². The average molecular weight is 363 g/mol. The molecule has 0 aliphatic heterocycles. The number of nitrogens with zero attached hydrogens (tertiary/aromatic N) is 3. The number of hydrogen-bond donors (Lipinski definition) is 2. The quantitative estimate of drug-likeness (QED) is 0.668. The minimum Gasteiger partial charge on any atom is -0.494 e. The number of benzene rings is 1. The van der Waals surface area contributed by atoms with Crippen molar-refractivity contribution in [1.82, 2.24) is 15.0 Å². The van der Waals surface area contributed by atoms with Crippen LogP contribution in [0.25, 0.3) is 0 Å². The van der Waals surface area contributed by atoms with Gasteiger partial charge in [-0.05, 0) is 55.8 Å². The molecule has 2 aromatic heterocycles. The number of aryl methyl sites for hydroxylation is 1. The number of amides is 1. The zero-order valence-corrected chi connectivity index (χ0v) is 15.3. The Labute approximate surface area is 157 Å². The van der Waals surface area contributed by atoms with Crippen molar-refractivity contribution in [2.45, 2.75) is 20.4 Å². The molecule has 0 bridgehead atoms. The van der Waals surface area contributed by atoms with Gasteiger partial charge in [0.25, 0.3) is 5.91 Å². The second kappa shape index (κ2) is 8.75. The van der Waals surface area contributed by atoms with Gasteiger partial charge in [0.15, 0.2) is 0 Å². The van der Waals surface area contributed by atoms with Gasteiger partial charge in [-0.15, -0.1) is 0 Å². The molecule has 1 aromatic carbocycles. The van der Waals surface area contributed by atoms with Gasteiger partial charge < -0.3 is 15.4 Å². The van der Waals surface area contributed by atoms with Gasteiger partial charge in [0.1, 0.15) is 11.4 Å². The minimum atomic E-state index is -0.297. The maximum atomic E-state index is 12.5. The Morgan fingerprint density at radius 3 is 2.67 bits per heavy atom. The van der Waals surface area contributed by atoms with E-state index in [1.807, 2.05) is 38.1 Å². The number of anilines is 2. The van der Waals surface area contributed by atoms with Crippen LogP contribution in [0.2, 0.25) is 0 Å². The van der Waals surface area contributed by atoms with E-state index in [0.29, 0.717) is 36.2 Å². The van der Waals surface area contributed by atoms with E-state index in [-0.39, 0.29) is 5.91 Å². The van der Waals surface area contributed by atoms with Crippen molar-refractivity contribution in [3.05, 3.63) is 71.8 Å². The highest BCUT2D eigenvalue weighted by Gasteiger charge is 2.11. The highest BCUT2D eigenvalue weighted by molar-refractivity contribution is 6.03. The third-order valence-electron chi connectivity index (χ3n) is 3.68. The van der Waals surface area contributed by atoms with Gasteiger partial charge in [0.05, 0.1) is 6.61 Å². The van der Waals surface area contributed by atoms with Gasteiger partial charge in [-0.3, -0.25) is 9.78 Å². The highest BCUT2D eigenvalue weighted by atomic mass is 16.5. The molecule has 3 rings (SSSR count). The Balaban J connectivity index is 1.68. The van der Waals surface area contributed by atoms with Crippen LogP contribution < -0.4 is 15.4 Å². The largest absolute Gasteiger partial charge is 0.494 e. The molecule has 27 heavy (non-hydrogen) atoms. The molecule has 0 atom stereocenters. The first-order valence-electron chi connectivity index (χ1n) is 8.66. The number of aromatic nitrogens is 3. The molecular formula is C20H21N5O2. The number of pyridine rings is 1. The summed E-state index contributed by atoms with van der Waals surface area (Å²) in [6.07, 6.45) is 3.48. The Kier molecular flexibility index (Phi) is 5.94. The fourth-order valence-electron chi connectivity index (χ4n) is 2.44. The molecule has 3 aromatic rings. The summed E-state index contributed by atoms with van der Waals surface area (Å²) in [5.41, 5.74) is 2.67. The summed E-state index contributed by atoms with van der Waals surface area (Å²) in [6.45, 7) is 4.87. The Bertz CT molecular complexity index is 898. The molecule has 138 valence electrons. The predicted molar refractivity (Wildman–Crippen MR) is 104 cm³/mol. The molecular weight excluding hydrogens is 342 g/mol. The third kappa shape index (κ3) is 5.24. The van der Waals surface area contributed by atoms with Crippen LogP contribution in [0.5, 0.6) is 5.75 Å². The van der Waals surface area contributed by atoms with Crippen molar-refractivity contribution >= 4 is 17.5 Å². The van der Waals surface area contributed by atoms with E-state index in [9.17, 15) is 4.79 Å². The molecule has 0 fully saturated rings. The molecule has 1 amide bonds. The average Bonchev–Trinajstić information content (AvgIpc) is 2.68. The molecule has 0 spiro atoms. The first-order valence-corrected chi connectivity index (χ1v) is 8.66. The summed E-state index contributed by atoms with van der Waals surface area (Å²) in [7, 11) is 0. The van der Waals surface area contributed by atoms with Crippen LogP contribution in [0.4, 0.5) is 11.6 Å². The number of nitrogens with one attached hydrogen (secondary N) is 2. The molecule has 0 radical (unpaired) electrons. The van der Waals surface area contributed by atoms with Crippen molar-refractivity contribution < 1.29 is 9.53 Å². The zero-order valence-electron chi connectivity index (χ0n) is 15.3. The van der Waals surface area contributed by atoms with Crippen LogP contribution in [-0.4, -0.2) is 27.5 Å². The number of ether oxygens (including phenoxy) is 1. The van der Waals surface area contributed by atoms with E-state index in [1.165, 1.54) is 0 Å². The standard InChI is InChI=1S/C20H21N5O2/c1-3-27-17-8-6-16(7-9-17)24-19(26)18-11-14(2)23-20(25-18)22-13-15-5-4-10-21-12-15/h4-12H,3,13H2,1-2H3,(H,24,26)(H,22,23,25). The molecule has 0 saturated heterocycles. The van der Waals surface area contributed by atoms with Gasteiger partial charge in [-0.1, -0.05) is 6.07 Å². The minimum absolute atomic E-state index is 0.296. The van der Waals surface area contributed by atoms with E-state index < -0.39 is 0 Å². The van der Waals surface area contributed by atoms with Crippen molar-refractivity contribution in [3.8, 4) is 5.75 Å². The summed E-state index contributed by atoms with van der Waals surface area (Å²) in [5.74, 6) is 0.861. The molecule has 2 N–H and O–H groups in total. The fraction of sp³-hybridized carbons (Fsp3) is 0.200. The van der Waals surface area contributed by atoms with Gasteiger partial charge in [0.2, 0.25) is 5.95 Å². The summed E-state index contributed by atoms with van der Waals surface area (Å²) >= 11 is 0. The number of hydrogen-bond acceptors (Lipinski definition) is 6. The monoisotopic (exact) mass is 363 g/mol. The molecule has 0 aliphatic rings. The SMILES string of the molecule is CCOc1ccc(NC(=O)c2cc(C)nc(NCc3cccnc3)n2)cc1. The summed E-state index contributed by atoms with van der Waals surface area (Å²) < 4.78 is 5.40. The van der Waals surface area contributed by atoms with Crippen molar-refractivity contribution in [2.75, 3.05) is 17.2 Å². The molecule has 0 aliphatic carbocycles. The second-order valence-corrected chi connectivity index (χ2v) is 5.84. The maximum absolute atomic E-state index is 12.5. The van der Waals surface area contributed by atoms with Crippen LogP contribution >= 0.6 is 0 Å². The molecule has 2 heterocycles. The molecule has 7 nitrogen and oxygen atoms in total. The number of carbonyl (C=O) groups excluding carboxylic acids is 1. The van der Waals surface area contributed by atoms with Crippen molar-refractivity contribution in [3.63, 3.8) is 0 Å². The molecule has 7 heteroatoms. The van der Waals surface area contributed by atoms with Crippen LogP contribution in [0.1, 0.15) is 28.7 Å². The lowest BCUT2D eigenvalue weighted by Gasteiger charge is -2.09. The summed E-state index contributed by atoms with van der Waals surface area (Å²) in [5, 5.41) is 5.96. The number of carbonyl (C=O) groups is 1. The lowest BCUT2D eigenvalue weighted by molar-refractivity contribution is 0.102. The Morgan fingerprint density at radius 2 is 1.96 bits per heavy atom. The van der Waals surface area contributed by atoms with Crippen molar-refractivity contribution in [2.24, 2.45) is 0 Å². The first kappa shape index (κ1) is 18.3. The fourth-order valence-corrected chi connectivity index (χ4v) is 2.44. The van der Waals surface area contributed by atoms with Gasteiger partial charge in [-0.25, -0.2) is 9.97 Å². The topological polar surface area (TPSA) is 89.0 Å². The van der Waals surface area contributed by atoms with E-state index >= 15 is 0 Å². The van der Waals surface area contributed by atoms with Gasteiger partial charge in [0, 0.05) is 30.3 Å². The van der Waals surface area contributed by atoms with E-state index in [1.54, 1.807) is 30.6 Å². The number of rotatable bonds is 7. The predicted octanol–water partition coefficient (Wildman–Crippen LogP) is 3.44. The zero-order chi connectivity index (χ0) is 19.1. The van der Waals surface area contributed by atoms with Crippen molar-refractivity contribution in [1.29, 1.82) is 0 Å². The molecule has 0 saturated carbocycles. The third-order valence-corrected chi connectivity index (χ3v) is 3.68. The first-order chi connectivity index (χ1) is 13.1. The maximum Gasteiger partial charge on any atom is 0.274 e. The highest BCUT2D eigenvalue weighted by Crippen LogP contribution is 2.16. The molecule has 0 unspecified atom stereocenters. The van der Waals surface area contributed by atoms with E-state index in [0.717, 1.165) is 11.3 Å². The van der Waals surface area contributed by atoms with Gasteiger partial charge >= 0.3 is 0 Å². The smallest absolute Gasteiger partial charge is 0.274 e. The van der Waals surface area contributed by atoms with Gasteiger partial charge in [-0.2, -0.15) is 0 Å². The Morgan fingerprint density at radius 1 is 1.15 bits per heavy atom. The van der Waals surface area contributed by atoms with Crippen LogP contribution in [0.15, 0.2) is 54.9 Å². The van der Waals surface area contributed by atoms with E-state index in [2.05, 4.69) is 25.6 Å². The Hall–Kier alpha value is -3.48. The van der Waals surface area contributed by atoms with Crippen LogP contribution in [0, 0.1) is 6.92 Å². The second-order valence-electron chi connectivity index (χ2n) is 5.84. The lowest BCUT2D eigenvalue weighted by Crippen LogP contribution is -2.16. The summed E-state index contributed by atoms with van der Waals surface area (Å²) in [6, 6.07) is 12.7.